The lowest BCUT2D eigenvalue weighted by Gasteiger charge is -2.36. The summed E-state index contributed by atoms with van der Waals surface area (Å²) in [7, 11) is 0. The molecule has 1 fully saturated rings. The summed E-state index contributed by atoms with van der Waals surface area (Å²) < 4.78 is 5.57. The summed E-state index contributed by atoms with van der Waals surface area (Å²) in [6.07, 6.45) is 3.84. The average molecular weight is 242 g/mol. The smallest absolute Gasteiger partial charge is 0.121 e. The number of nitriles is 1. The van der Waals surface area contributed by atoms with Gasteiger partial charge >= 0.3 is 0 Å². The Hall–Kier alpha value is -1.69. The average Bonchev–Trinajstić information content (AvgIpc) is 2.66. The predicted molar refractivity (Wildman–Crippen MR) is 71.0 cm³/mol. The van der Waals surface area contributed by atoms with E-state index in [2.05, 4.69) is 23.1 Å². The van der Waals surface area contributed by atoms with Gasteiger partial charge in [-0.1, -0.05) is 6.07 Å². The Balaban J connectivity index is 1.95. The number of hydrogen-bond acceptors (Lipinski definition) is 3. The van der Waals surface area contributed by atoms with Crippen LogP contribution in [-0.2, 0) is 0 Å². The van der Waals surface area contributed by atoms with E-state index < -0.39 is 0 Å². The molecule has 1 unspecified atom stereocenters. The van der Waals surface area contributed by atoms with E-state index in [4.69, 9.17) is 4.74 Å². The first-order valence-electron chi connectivity index (χ1n) is 6.76. The Morgan fingerprint density at radius 3 is 2.89 bits per heavy atom. The van der Waals surface area contributed by atoms with Crippen LogP contribution < -0.4 is 9.64 Å². The van der Waals surface area contributed by atoms with E-state index in [-0.39, 0.29) is 5.92 Å². The molecule has 3 nitrogen and oxygen atoms in total. The van der Waals surface area contributed by atoms with Crippen LogP contribution in [0.15, 0.2) is 18.2 Å². The lowest BCUT2D eigenvalue weighted by molar-refractivity contribution is 0.340. The second-order valence-corrected chi connectivity index (χ2v) is 5.07. The quantitative estimate of drug-likeness (QED) is 0.817. The molecule has 0 bridgehead atoms. The molecule has 1 saturated carbocycles. The van der Waals surface area contributed by atoms with Gasteiger partial charge in [-0.05, 0) is 37.8 Å². The molecule has 3 heteroatoms. The van der Waals surface area contributed by atoms with Crippen LogP contribution >= 0.6 is 0 Å². The van der Waals surface area contributed by atoms with Gasteiger partial charge in [0.1, 0.15) is 5.75 Å². The van der Waals surface area contributed by atoms with Crippen molar-refractivity contribution in [2.24, 2.45) is 0 Å². The highest BCUT2D eigenvalue weighted by Crippen LogP contribution is 2.42. The number of benzene rings is 1. The SMILES string of the molecule is CCOc1ccc2c(c1)N(C1CCC1)CC2C#N. The Bertz CT molecular complexity index is 488. The van der Waals surface area contributed by atoms with E-state index >= 15 is 0 Å². The van der Waals surface area contributed by atoms with Crippen molar-refractivity contribution in [1.82, 2.24) is 0 Å². The van der Waals surface area contributed by atoms with Gasteiger partial charge in [-0.3, -0.25) is 0 Å². The van der Waals surface area contributed by atoms with Crippen LogP contribution in [0, 0.1) is 11.3 Å². The number of hydrogen-bond donors (Lipinski definition) is 0. The number of rotatable bonds is 3. The standard InChI is InChI=1S/C15H18N2O/c1-2-18-13-6-7-14-11(9-16)10-17(15(14)8-13)12-4-3-5-12/h6-8,11-12H,2-5,10H2,1H3. The normalized spacial score (nSPS) is 22.2. The minimum absolute atomic E-state index is 0.0243. The maximum absolute atomic E-state index is 9.27. The minimum Gasteiger partial charge on any atom is -0.494 e. The van der Waals surface area contributed by atoms with E-state index in [1.807, 2.05) is 13.0 Å². The van der Waals surface area contributed by atoms with Crippen LogP contribution in [-0.4, -0.2) is 19.2 Å². The molecule has 18 heavy (non-hydrogen) atoms. The van der Waals surface area contributed by atoms with Gasteiger partial charge in [0.25, 0.3) is 0 Å². The van der Waals surface area contributed by atoms with Crippen molar-refractivity contribution in [3.63, 3.8) is 0 Å². The lowest BCUT2D eigenvalue weighted by Crippen LogP contribution is -2.39. The molecular formula is C15H18N2O. The summed E-state index contributed by atoms with van der Waals surface area (Å²) in [5.74, 6) is 0.940. The largest absolute Gasteiger partial charge is 0.494 e. The first kappa shape index (κ1) is 11.4. The van der Waals surface area contributed by atoms with Gasteiger partial charge in [-0.15, -0.1) is 0 Å². The molecule has 3 rings (SSSR count). The van der Waals surface area contributed by atoms with Gasteiger partial charge in [-0.25, -0.2) is 0 Å². The maximum atomic E-state index is 9.27. The Morgan fingerprint density at radius 2 is 2.28 bits per heavy atom. The second-order valence-electron chi connectivity index (χ2n) is 5.07. The molecule has 1 atom stereocenters. The third kappa shape index (κ3) is 1.73. The molecule has 1 aromatic carbocycles. The van der Waals surface area contributed by atoms with Gasteiger partial charge in [0.2, 0.25) is 0 Å². The molecule has 2 aliphatic rings. The van der Waals surface area contributed by atoms with Gasteiger partial charge < -0.3 is 9.64 Å². The third-order valence-electron chi connectivity index (χ3n) is 4.05. The van der Waals surface area contributed by atoms with Crippen molar-refractivity contribution >= 4 is 5.69 Å². The Labute approximate surface area is 108 Å². The van der Waals surface area contributed by atoms with Gasteiger partial charge in [0, 0.05) is 24.3 Å². The molecule has 1 heterocycles. The molecular weight excluding hydrogens is 224 g/mol. The van der Waals surface area contributed by atoms with E-state index in [0.717, 1.165) is 12.3 Å². The minimum atomic E-state index is 0.0243. The van der Waals surface area contributed by atoms with Crippen molar-refractivity contribution in [2.75, 3.05) is 18.1 Å². The lowest BCUT2D eigenvalue weighted by atomic mass is 9.91. The summed E-state index contributed by atoms with van der Waals surface area (Å²) in [6, 6.07) is 9.21. The van der Waals surface area contributed by atoms with Gasteiger partial charge in [-0.2, -0.15) is 5.26 Å². The fourth-order valence-electron chi connectivity index (χ4n) is 2.87. The molecule has 0 radical (unpaired) electrons. The highest BCUT2D eigenvalue weighted by molar-refractivity contribution is 5.65. The number of ether oxygens (including phenoxy) is 1. The Kier molecular flexibility index (Phi) is 2.87. The first-order chi connectivity index (χ1) is 8.83. The zero-order valence-electron chi connectivity index (χ0n) is 10.7. The van der Waals surface area contributed by atoms with Crippen LogP contribution in [0.1, 0.15) is 37.7 Å². The molecule has 0 spiro atoms. The fraction of sp³-hybridized carbons (Fsp3) is 0.533. The van der Waals surface area contributed by atoms with E-state index in [1.54, 1.807) is 0 Å². The number of nitrogens with zero attached hydrogens (tertiary/aromatic N) is 2. The van der Waals surface area contributed by atoms with E-state index in [9.17, 15) is 5.26 Å². The molecule has 0 saturated heterocycles. The van der Waals surface area contributed by atoms with Gasteiger partial charge in [0.05, 0.1) is 18.6 Å². The molecule has 1 aromatic rings. The number of fused-ring (bicyclic) bond motifs is 1. The molecule has 0 N–H and O–H groups in total. The van der Waals surface area contributed by atoms with Crippen LogP contribution in [0.4, 0.5) is 5.69 Å². The van der Waals surface area contributed by atoms with E-state index in [1.165, 1.54) is 30.5 Å². The summed E-state index contributed by atoms with van der Waals surface area (Å²) in [5, 5.41) is 9.27. The van der Waals surface area contributed by atoms with Crippen LogP contribution in [0.25, 0.3) is 0 Å². The molecule has 0 aromatic heterocycles. The number of anilines is 1. The Morgan fingerprint density at radius 1 is 1.44 bits per heavy atom. The van der Waals surface area contributed by atoms with Gasteiger partial charge in [0.15, 0.2) is 0 Å². The van der Waals surface area contributed by atoms with Crippen molar-refractivity contribution < 1.29 is 4.74 Å². The third-order valence-corrected chi connectivity index (χ3v) is 4.05. The summed E-state index contributed by atoms with van der Waals surface area (Å²) >= 11 is 0. The fourth-order valence-corrected chi connectivity index (χ4v) is 2.87. The molecule has 94 valence electrons. The summed E-state index contributed by atoms with van der Waals surface area (Å²) in [6.45, 7) is 3.53. The van der Waals surface area contributed by atoms with Crippen LogP contribution in [0.3, 0.4) is 0 Å². The monoisotopic (exact) mass is 242 g/mol. The van der Waals surface area contributed by atoms with E-state index in [0.29, 0.717) is 12.6 Å². The highest BCUT2D eigenvalue weighted by atomic mass is 16.5. The van der Waals surface area contributed by atoms with Crippen LogP contribution in [0.5, 0.6) is 5.75 Å². The maximum Gasteiger partial charge on any atom is 0.121 e. The molecule has 1 aliphatic carbocycles. The van der Waals surface area contributed by atoms with Crippen molar-refractivity contribution in [3.8, 4) is 11.8 Å². The zero-order valence-corrected chi connectivity index (χ0v) is 10.7. The van der Waals surface area contributed by atoms with Crippen molar-refractivity contribution in [2.45, 2.75) is 38.1 Å². The van der Waals surface area contributed by atoms with Crippen LogP contribution in [0.2, 0.25) is 0 Å². The topological polar surface area (TPSA) is 36.3 Å². The molecule has 1 aliphatic heterocycles. The molecule has 0 amide bonds. The first-order valence-corrected chi connectivity index (χ1v) is 6.76. The zero-order chi connectivity index (χ0) is 12.5. The van der Waals surface area contributed by atoms with Crippen molar-refractivity contribution in [1.29, 1.82) is 5.26 Å². The predicted octanol–water partition coefficient (Wildman–Crippen LogP) is 3.06. The highest BCUT2D eigenvalue weighted by Gasteiger charge is 2.35. The van der Waals surface area contributed by atoms with Crippen molar-refractivity contribution in [3.05, 3.63) is 23.8 Å². The summed E-state index contributed by atoms with van der Waals surface area (Å²) in [5.41, 5.74) is 2.39. The summed E-state index contributed by atoms with van der Waals surface area (Å²) in [4.78, 5) is 2.41. The second kappa shape index (κ2) is 4.53.